The molecule has 18 heavy (non-hydrogen) atoms. The molecule has 0 aliphatic rings. The molecule has 1 nitrogen and oxygen atoms in total. The van der Waals surface area contributed by atoms with Gasteiger partial charge in [-0.2, -0.15) is 0 Å². The minimum atomic E-state index is 0.425. The van der Waals surface area contributed by atoms with Gasteiger partial charge in [0.1, 0.15) is 0 Å². The first-order valence-electron chi connectivity index (χ1n) is 7.15. The van der Waals surface area contributed by atoms with Crippen LogP contribution in [0.5, 0.6) is 0 Å². The minimum Gasteiger partial charge on any atom is -0.313 e. The Kier molecular flexibility index (Phi) is 5.87. The van der Waals surface area contributed by atoms with Crippen LogP contribution in [0.2, 0.25) is 0 Å². The topological polar surface area (TPSA) is 12.0 Å². The van der Waals surface area contributed by atoms with Gasteiger partial charge in [0.15, 0.2) is 0 Å². The van der Waals surface area contributed by atoms with Crippen molar-refractivity contribution in [3.63, 3.8) is 0 Å². The molecule has 1 N–H and O–H groups in total. The second kappa shape index (κ2) is 6.94. The predicted octanol–water partition coefficient (Wildman–Crippen LogP) is 4.41. The summed E-state index contributed by atoms with van der Waals surface area (Å²) in [7, 11) is 0. The van der Waals surface area contributed by atoms with E-state index >= 15 is 0 Å². The van der Waals surface area contributed by atoms with E-state index in [2.05, 4.69) is 64.2 Å². The molecule has 1 rings (SSSR count). The molecule has 0 spiro atoms. The van der Waals surface area contributed by atoms with Gasteiger partial charge >= 0.3 is 0 Å². The molecule has 0 bridgehead atoms. The summed E-state index contributed by atoms with van der Waals surface area (Å²) in [5.74, 6) is 0.737. The SMILES string of the molecule is CC(C)Cc1ccc(CNCCC(C)(C)C)cc1. The predicted molar refractivity (Wildman–Crippen MR) is 80.8 cm³/mol. The summed E-state index contributed by atoms with van der Waals surface area (Å²) < 4.78 is 0. The second-order valence-corrected chi connectivity index (χ2v) is 6.90. The van der Waals surface area contributed by atoms with Gasteiger partial charge in [-0.05, 0) is 41.8 Å². The van der Waals surface area contributed by atoms with Gasteiger partial charge in [0.05, 0.1) is 0 Å². The highest BCUT2D eigenvalue weighted by Gasteiger charge is 2.08. The van der Waals surface area contributed by atoms with Gasteiger partial charge in [0.25, 0.3) is 0 Å². The third-order valence-electron chi connectivity index (χ3n) is 3.05. The van der Waals surface area contributed by atoms with Crippen LogP contribution < -0.4 is 5.32 Å². The smallest absolute Gasteiger partial charge is 0.0205 e. The van der Waals surface area contributed by atoms with E-state index in [0.717, 1.165) is 19.0 Å². The Morgan fingerprint density at radius 3 is 2.06 bits per heavy atom. The number of hydrogen-bond acceptors (Lipinski definition) is 1. The van der Waals surface area contributed by atoms with Crippen molar-refractivity contribution in [1.82, 2.24) is 5.32 Å². The van der Waals surface area contributed by atoms with Crippen molar-refractivity contribution in [2.24, 2.45) is 11.3 Å². The van der Waals surface area contributed by atoms with E-state index in [1.54, 1.807) is 0 Å². The molecule has 0 saturated carbocycles. The van der Waals surface area contributed by atoms with Crippen LogP contribution in [0.25, 0.3) is 0 Å². The summed E-state index contributed by atoms with van der Waals surface area (Å²) in [6.07, 6.45) is 2.40. The highest BCUT2D eigenvalue weighted by Crippen LogP contribution is 2.17. The normalized spacial score (nSPS) is 12.1. The number of hydrogen-bond donors (Lipinski definition) is 1. The van der Waals surface area contributed by atoms with Crippen LogP contribution in [-0.2, 0) is 13.0 Å². The zero-order valence-corrected chi connectivity index (χ0v) is 12.7. The summed E-state index contributed by atoms with van der Waals surface area (Å²) in [4.78, 5) is 0. The summed E-state index contributed by atoms with van der Waals surface area (Å²) in [5.41, 5.74) is 3.26. The molecule has 1 aromatic rings. The molecule has 1 heteroatoms. The molecule has 0 unspecified atom stereocenters. The van der Waals surface area contributed by atoms with Gasteiger partial charge in [0, 0.05) is 6.54 Å². The van der Waals surface area contributed by atoms with Gasteiger partial charge < -0.3 is 5.32 Å². The maximum Gasteiger partial charge on any atom is 0.0205 e. The first kappa shape index (κ1) is 15.2. The van der Waals surface area contributed by atoms with Crippen LogP contribution in [0.15, 0.2) is 24.3 Å². The Balaban J connectivity index is 2.31. The molecule has 0 atom stereocenters. The third kappa shape index (κ3) is 6.80. The molecule has 0 aromatic heterocycles. The maximum absolute atomic E-state index is 3.52. The van der Waals surface area contributed by atoms with Crippen LogP contribution in [0.1, 0.15) is 52.2 Å². The van der Waals surface area contributed by atoms with Crippen LogP contribution >= 0.6 is 0 Å². The maximum atomic E-state index is 3.52. The van der Waals surface area contributed by atoms with Gasteiger partial charge in [-0.3, -0.25) is 0 Å². The zero-order chi connectivity index (χ0) is 13.6. The fourth-order valence-electron chi connectivity index (χ4n) is 1.96. The third-order valence-corrected chi connectivity index (χ3v) is 3.05. The summed E-state index contributed by atoms with van der Waals surface area (Å²) in [5, 5.41) is 3.52. The van der Waals surface area contributed by atoms with Crippen LogP contribution in [0.3, 0.4) is 0 Å². The second-order valence-electron chi connectivity index (χ2n) is 6.90. The van der Waals surface area contributed by atoms with E-state index in [-0.39, 0.29) is 0 Å². The average Bonchev–Trinajstić information content (AvgIpc) is 2.24. The van der Waals surface area contributed by atoms with Crippen LogP contribution in [0, 0.1) is 11.3 Å². The Morgan fingerprint density at radius 2 is 1.56 bits per heavy atom. The lowest BCUT2D eigenvalue weighted by Gasteiger charge is -2.18. The number of nitrogens with one attached hydrogen (secondary N) is 1. The van der Waals surface area contributed by atoms with Crippen molar-refractivity contribution in [3.8, 4) is 0 Å². The highest BCUT2D eigenvalue weighted by molar-refractivity contribution is 5.22. The largest absolute Gasteiger partial charge is 0.313 e. The monoisotopic (exact) mass is 247 g/mol. The molecule has 0 amide bonds. The first-order chi connectivity index (χ1) is 8.37. The fourth-order valence-corrected chi connectivity index (χ4v) is 1.96. The van der Waals surface area contributed by atoms with Crippen LogP contribution in [0.4, 0.5) is 0 Å². The Hall–Kier alpha value is -0.820. The lowest BCUT2D eigenvalue weighted by molar-refractivity contribution is 0.366. The Labute approximate surface area is 113 Å². The molecule has 0 radical (unpaired) electrons. The van der Waals surface area contributed by atoms with E-state index < -0.39 is 0 Å². The van der Waals surface area contributed by atoms with Crippen molar-refractivity contribution < 1.29 is 0 Å². The van der Waals surface area contributed by atoms with Gasteiger partial charge in [0.2, 0.25) is 0 Å². The van der Waals surface area contributed by atoms with E-state index in [1.807, 2.05) is 0 Å². The van der Waals surface area contributed by atoms with Crippen molar-refractivity contribution >= 4 is 0 Å². The molecular formula is C17H29N. The van der Waals surface area contributed by atoms with Crippen LogP contribution in [-0.4, -0.2) is 6.54 Å². The zero-order valence-electron chi connectivity index (χ0n) is 12.7. The van der Waals surface area contributed by atoms with Crippen molar-refractivity contribution in [2.75, 3.05) is 6.54 Å². The minimum absolute atomic E-state index is 0.425. The fraction of sp³-hybridized carbons (Fsp3) is 0.647. The first-order valence-corrected chi connectivity index (χ1v) is 7.15. The van der Waals surface area contributed by atoms with Gasteiger partial charge in [-0.15, -0.1) is 0 Å². The Bertz CT molecular complexity index is 330. The molecule has 1 aromatic carbocycles. The molecule has 0 aliphatic carbocycles. The molecule has 0 saturated heterocycles. The average molecular weight is 247 g/mol. The van der Waals surface area contributed by atoms with Gasteiger partial charge in [-0.25, -0.2) is 0 Å². The van der Waals surface area contributed by atoms with Crippen molar-refractivity contribution in [2.45, 2.75) is 54.0 Å². The number of benzene rings is 1. The lowest BCUT2D eigenvalue weighted by Crippen LogP contribution is -2.20. The number of rotatable bonds is 6. The van der Waals surface area contributed by atoms with E-state index in [0.29, 0.717) is 5.41 Å². The standard InChI is InChI=1S/C17H29N/c1-14(2)12-15-6-8-16(9-7-15)13-18-11-10-17(3,4)5/h6-9,14,18H,10-13H2,1-5H3. The lowest BCUT2D eigenvalue weighted by atomic mass is 9.92. The van der Waals surface area contributed by atoms with Gasteiger partial charge in [-0.1, -0.05) is 58.9 Å². The molecule has 0 heterocycles. The van der Waals surface area contributed by atoms with E-state index in [1.165, 1.54) is 24.0 Å². The van der Waals surface area contributed by atoms with E-state index in [9.17, 15) is 0 Å². The molecular weight excluding hydrogens is 218 g/mol. The summed E-state index contributed by atoms with van der Waals surface area (Å²) in [6, 6.07) is 9.03. The van der Waals surface area contributed by atoms with E-state index in [4.69, 9.17) is 0 Å². The van der Waals surface area contributed by atoms with Crippen molar-refractivity contribution in [1.29, 1.82) is 0 Å². The van der Waals surface area contributed by atoms with Crippen molar-refractivity contribution in [3.05, 3.63) is 35.4 Å². The highest BCUT2D eigenvalue weighted by atomic mass is 14.8. The molecule has 0 fully saturated rings. The molecule has 0 aliphatic heterocycles. The Morgan fingerprint density at radius 1 is 1.00 bits per heavy atom. The quantitative estimate of drug-likeness (QED) is 0.734. The molecule has 102 valence electrons. The summed E-state index contributed by atoms with van der Waals surface area (Å²) >= 11 is 0. The summed E-state index contributed by atoms with van der Waals surface area (Å²) in [6.45, 7) is 13.5.